The quantitative estimate of drug-likeness (QED) is 0.496. The molecule has 0 aromatic carbocycles. The highest BCUT2D eigenvalue weighted by atomic mass is 16.3. The highest BCUT2D eigenvalue weighted by Gasteiger charge is 2.30. The lowest BCUT2D eigenvalue weighted by Crippen LogP contribution is -2.45. The van der Waals surface area contributed by atoms with Crippen molar-refractivity contribution in [3.8, 4) is 0 Å². The summed E-state index contributed by atoms with van der Waals surface area (Å²) in [4.78, 5) is 14.0. The number of amides is 1. The molecule has 3 N–H and O–H groups in total. The molecule has 2 rings (SSSR count). The number of nitrogen functional groups attached to an aromatic ring is 1. The maximum atomic E-state index is 11.6. The number of nitrogens with one attached hydrogen (secondary N) is 1. The van der Waals surface area contributed by atoms with E-state index in [9.17, 15) is 4.79 Å². The molecule has 1 saturated heterocycles. The molecule has 5 nitrogen and oxygen atoms in total. The second-order valence-electron chi connectivity index (χ2n) is 5.72. The molecule has 2 heterocycles. The number of nitrogens with two attached hydrogens (primary N) is 1. The van der Waals surface area contributed by atoms with Crippen molar-refractivity contribution >= 4 is 5.91 Å². The van der Waals surface area contributed by atoms with Gasteiger partial charge in [-0.05, 0) is 31.2 Å². The normalized spacial score (nSPS) is 28.3. The van der Waals surface area contributed by atoms with Crippen molar-refractivity contribution in [2.45, 2.75) is 39.8 Å². The average molecular weight is 265 g/mol. The molecular weight excluding hydrogens is 242 g/mol. The fraction of sp³-hybridized carbons (Fsp3) is 0.643. The summed E-state index contributed by atoms with van der Waals surface area (Å²) in [5, 5.41) is 0. The van der Waals surface area contributed by atoms with Crippen LogP contribution in [0.2, 0.25) is 0 Å². The number of likely N-dealkylation sites (tertiary alicyclic amines) is 1. The maximum absolute atomic E-state index is 11.6. The van der Waals surface area contributed by atoms with E-state index >= 15 is 0 Å². The van der Waals surface area contributed by atoms with Gasteiger partial charge >= 0.3 is 0 Å². The third-order valence-corrected chi connectivity index (χ3v) is 4.19. The topological polar surface area (TPSA) is 71.5 Å². The smallest absolute Gasteiger partial charge is 0.268 e. The van der Waals surface area contributed by atoms with Gasteiger partial charge in [-0.1, -0.05) is 13.8 Å². The number of rotatable bonds is 3. The summed E-state index contributed by atoms with van der Waals surface area (Å²) in [5.41, 5.74) is 2.68. The average Bonchev–Trinajstić information content (AvgIpc) is 2.82. The third kappa shape index (κ3) is 2.98. The van der Waals surface area contributed by atoms with E-state index in [4.69, 9.17) is 10.3 Å². The molecule has 0 bridgehead atoms. The van der Waals surface area contributed by atoms with Gasteiger partial charge in [-0.25, -0.2) is 5.84 Å². The first kappa shape index (κ1) is 14.1. The Bertz CT molecular complexity index is 444. The van der Waals surface area contributed by atoms with Gasteiger partial charge in [0.15, 0.2) is 0 Å². The SMILES string of the molecule is CC1CC(C)C(C)N(Cc2occc2C(=O)NN)C1. The third-order valence-electron chi connectivity index (χ3n) is 4.19. The van der Waals surface area contributed by atoms with Gasteiger partial charge < -0.3 is 4.42 Å². The monoisotopic (exact) mass is 265 g/mol. The van der Waals surface area contributed by atoms with E-state index < -0.39 is 0 Å². The van der Waals surface area contributed by atoms with E-state index in [0.717, 1.165) is 6.54 Å². The molecule has 0 aliphatic carbocycles. The van der Waals surface area contributed by atoms with Crippen molar-refractivity contribution in [1.29, 1.82) is 0 Å². The molecule has 1 aliphatic rings. The predicted molar refractivity (Wildman–Crippen MR) is 73.2 cm³/mol. The number of hydrogen-bond acceptors (Lipinski definition) is 4. The van der Waals surface area contributed by atoms with Crippen molar-refractivity contribution < 1.29 is 9.21 Å². The zero-order valence-corrected chi connectivity index (χ0v) is 11.8. The number of hydrazine groups is 1. The number of carbonyl (C=O) groups excluding carboxylic acids is 1. The Balaban J connectivity index is 2.12. The predicted octanol–water partition coefficient (Wildman–Crippen LogP) is 1.75. The molecule has 3 atom stereocenters. The fourth-order valence-electron chi connectivity index (χ4n) is 2.97. The first-order valence-electron chi connectivity index (χ1n) is 6.84. The van der Waals surface area contributed by atoms with Gasteiger partial charge in [-0.15, -0.1) is 0 Å². The second kappa shape index (κ2) is 5.75. The van der Waals surface area contributed by atoms with Crippen LogP contribution in [0, 0.1) is 11.8 Å². The molecule has 3 unspecified atom stereocenters. The minimum Gasteiger partial charge on any atom is -0.467 e. The van der Waals surface area contributed by atoms with E-state index in [-0.39, 0.29) is 5.91 Å². The first-order valence-corrected chi connectivity index (χ1v) is 6.84. The summed E-state index contributed by atoms with van der Waals surface area (Å²) < 4.78 is 5.45. The van der Waals surface area contributed by atoms with E-state index in [1.165, 1.54) is 6.42 Å². The molecule has 5 heteroatoms. The summed E-state index contributed by atoms with van der Waals surface area (Å²) in [7, 11) is 0. The Morgan fingerprint density at radius 1 is 1.53 bits per heavy atom. The molecular formula is C14H23N3O2. The molecule has 19 heavy (non-hydrogen) atoms. The van der Waals surface area contributed by atoms with Crippen LogP contribution in [0.4, 0.5) is 0 Å². The van der Waals surface area contributed by atoms with Crippen LogP contribution in [0.25, 0.3) is 0 Å². The van der Waals surface area contributed by atoms with Gasteiger partial charge in [0, 0.05) is 12.6 Å². The van der Waals surface area contributed by atoms with Crippen LogP contribution in [0.1, 0.15) is 43.3 Å². The van der Waals surface area contributed by atoms with E-state index in [1.54, 1.807) is 12.3 Å². The standard InChI is InChI=1S/C14H23N3O2/c1-9-6-10(2)11(3)17(7-9)8-13-12(4-5-19-13)14(18)16-15/h4-5,9-11H,6-8,15H2,1-3H3,(H,16,18). The fourth-order valence-corrected chi connectivity index (χ4v) is 2.97. The van der Waals surface area contributed by atoms with Crippen LogP contribution in [0.5, 0.6) is 0 Å². The second-order valence-corrected chi connectivity index (χ2v) is 5.72. The molecule has 0 spiro atoms. The molecule has 1 aromatic rings. The maximum Gasteiger partial charge on any atom is 0.268 e. The van der Waals surface area contributed by atoms with Crippen molar-refractivity contribution in [1.82, 2.24) is 10.3 Å². The van der Waals surface area contributed by atoms with Gasteiger partial charge in [0.05, 0.1) is 18.4 Å². The van der Waals surface area contributed by atoms with Gasteiger partial charge in [0.1, 0.15) is 5.76 Å². The molecule has 1 aromatic heterocycles. The van der Waals surface area contributed by atoms with E-state index in [2.05, 4.69) is 31.1 Å². The molecule has 0 saturated carbocycles. The van der Waals surface area contributed by atoms with E-state index in [1.807, 2.05) is 0 Å². The van der Waals surface area contributed by atoms with Crippen molar-refractivity contribution in [3.63, 3.8) is 0 Å². The van der Waals surface area contributed by atoms with Crippen molar-refractivity contribution in [2.24, 2.45) is 17.7 Å². The minimum absolute atomic E-state index is 0.297. The van der Waals surface area contributed by atoms with Gasteiger partial charge in [-0.3, -0.25) is 15.1 Å². The highest BCUT2D eigenvalue weighted by molar-refractivity contribution is 5.94. The van der Waals surface area contributed by atoms with Crippen LogP contribution in [0.15, 0.2) is 16.7 Å². The summed E-state index contributed by atoms with van der Waals surface area (Å²) in [6.07, 6.45) is 2.80. The van der Waals surface area contributed by atoms with Crippen LogP contribution in [-0.4, -0.2) is 23.4 Å². The summed E-state index contributed by atoms with van der Waals surface area (Å²) >= 11 is 0. The first-order chi connectivity index (χ1) is 9.02. The van der Waals surface area contributed by atoms with Gasteiger partial charge in [0.25, 0.3) is 5.91 Å². The Hall–Kier alpha value is -1.33. The Kier molecular flexibility index (Phi) is 4.27. The largest absolute Gasteiger partial charge is 0.467 e. The number of hydrogen-bond donors (Lipinski definition) is 2. The van der Waals surface area contributed by atoms with Crippen molar-refractivity contribution in [2.75, 3.05) is 6.54 Å². The lowest BCUT2D eigenvalue weighted by atomic mass is 9.86. The summed E-state index contributed by atoms with van der Waals surface area (Å²) in [5.74, 6) is 6.91. The Morgan fingerprint density at radius 3 is 2.95 bits per heavy atom. The lowest BCUT2D eigenvalue weighted by molar-refractivity contribution is 0.0661. The number of furan rings is 1. The molecule has 1 amide bonds. The minimum atomic E-state index is -0.297. The number of carbonyl (C=O) groups is 1. The molecule has 1 fully saturated rings. The molecule has 106 valence electrons. The van der Waals surface area contributed by atoms with Gasteiger partial charge in [0.2, 0.25) is 0 Å². The molecule has 0 radical (unpaired) electrons. The number of piperidine rings is 1. The Morgan fingerprint density at radius 2 is 2.26 bits per heavy atom. The zero-order valence-electron chi connectivity index (χ0n) is 11.8. The summed E-state index contributed by atoms with van der Waals surface area (Å²) in [6.45, 7) is 8.48. The van der Waals surface area contributed by atoms with Crippen molar-refractivity contribution in [3.05, 3.63) is 23.7 Å². The van der Waals surface area contributed by atoms with E-state index in [0.29, 0.717) is 35.7 Å². The Labute approximate surface area is 114 Å². The summed E-state index contributed by atoms with van der Waals surface area (Å²) in [6, 6.07) is 2.16. The molecule has 1 aliphatic heterocycles. The van der Waals surface area contributed by atoms with Gasteiger partial charge in [-0.2, -0.15) is 0 Å². The zero-order chi connectivity index (χ0) is 14.0. The van der Waals surface area contributed by atoms with Crippen LogP contribution < -0.4 is 11.3 Å². The van der Waals surface area contributed by atoms with Crippen LogP contribution >= 0.6 is 0 Å². The van der Waals surface area contributed by atoms with Crippen LogP contribution in [0.3, 0.4) is 0 Å². The van der Waals surface area contributed by atoms with Crippen LogP contribution in [-0.2, 0) is 6.54 Å². The lowest BCUT2D eigenvalue weighted by Gasteiger charge is -2.40. The highest BCUT2D eigenvalue weighted by Crippen LogP contribution is 2.28. The number of nitrogens with zero attached hydrogens (tertiary/aromatic N) is 1.